The summed E-state index contributed by atoms with van der Waals surface area (Å²) < 4.78 is 99.3. The van der Waals surface area contributed by atoms with Crippen molar-refractivity contribution < 1.29 is 114 Å². The first-order valence-electron chi connectivity index (χ1n) is 40.0. The number of benzene rings is 10. The van der Waals surface area contributed by atoms with Gasteiger partial charge in [0.1, 0.15) is 73.7 Å². The Morgan fingerprint density at radius 3 is 0.864 bits per heavy atom. The fraction of sp³-hybridized carbons (Fsp3) is 0.198. The second-order valence-electron chi connectivity index (χ2n) is 29.7. The number of carboxylic acid groups (broad SMARTS) is 2. The Bertz CT molecular complexity index is 6180. The van der Waals surface area contributed by atoms with Crippen LogP contribution in [0.1, 0.15) is 51.4 Å². The highest BCUT2D eigenvalue weighted by Gasteiger charge is 2.60. The van der Waals surface area contributed by atoms with E-state index >= 15 is 0 Å². The van der Waals surface area contributed by atoms with Crippen LogP contribution in [0.3, 0.4) is 0 Å². The summed E-state index contributed by atoms with van der Waals surface area (Å²) in [5.41, 5.74) is 12.1. The summed E-state index contributed by atoms with van der Waals surface area (Å²) in [6, 6.07) is 57.9. The maximum absolute atomic E-state index is 13.1. The molecule has 0 aliphatic heterocycles. The van der Waals surface area contributed by atoms with Crippen molar-refractivity contribution in [3.63, 3.8) is 0 Å². The fourth-order valence-electron chi connectivity index (χ4n) is 12.6. The van der Waals surface area contributed by atoms with Crippen molar-refractivity contribution in [1.29, 1.82) is 0 Å². The van der Waals surface area contributed by atoms with Crippen LogP contribution in [0.25, 0.3) is 32.7 Å². The molecule has 4 fully saturated rings. The Morgan fingerprint density at radius 2 is 0.583 bits per heavy atom. The van der Waals surface area contributed by atoms with E-state index in [4.69, 9.17) is 76.3 Å². The molecule has 30 nitrogen and oxygen atoms in total. The van der Waals surface area contributed by atoms with Gasteiger partial charge in [-0.1, -0.05) is 11.6 Å². The third-order valence-corrected chi connectivity index (χ3v) is 21.3. The van der Waals surface area contributed by atoms with Gasteiger partial charge in [0.2, 0.25) is 29.5 Å². The maximum Gasteiger partial charge on any atom is 0.321 e. The minimum atomic E-state index is -1.27. The van der Waals surface area contributed by atoms with E-state index in [0.717, 1.165) is 27.2 Å². The van der Waals surface area contributed by atoms with Gasteiger partial charge in [0.25, 0.3) is 0 Å². The monoisotopic (exact) mass is 1850 g/mol. The molecular formula is C96H90Cl2F4N10O20. The summed E-state index contributed by atoms with van der Waals surface area (Å²) in [6.07, 6.45) is 8.30. The number of carboxylic acids is 2. The second-order valence-corrected chi connectivity index (χ2v) is 30.1. The number of fused-ring (bicyclic) bond motifs is 3. The molecule has 3 heterocycles. The largest absolute Gasteiger partial charge is 0.508 e. The van der Waals surface area contributed by atoms with Crippen LogP contribution < -0.4 is 75.9 Å². The van der Waals surface area contributed by atoms with Crippen LogP contribution in [-0.2, 0) is 43.1 Å². The summed E-state index contributed by atoms with van der Waals surface area (Å²) in [4.78, 5) is 107. The Hall–Kier alpha value is -15.7. The number of nitrogens with one attached hydrogen (secondary N) is 5. The van der Waals surface area contributed by atoms with Crippen LogP contribution in [0.15, 0.2) is 243 Å². The standard InChI is InChI=1S/C28H24FN3O5.C17H16N2O3.C12H12FNO3.C11H10ClNO2.2C11H10FNO3.C6H7NO.ClH/c1-35-24-15-21-22(16-25(24)36-2)30-14-11-23(21)37-20-9-7-19(8-10-20)32-27(34)28(12-13-28)26(33)31-18-5-3-17(29)4-6-18;1-20-16-9-13-14(10-17(16)21-2)19-8-7-15(13)22-12-5-3-11(18)4-6-12;1-17-11(16)12(6-7-12)10(15)14-9-4-2-8(13)3-5-9;1-14-10-5-7-8(12)3-4-13-9(7)6-11(10)15-2;2*12-7-1-3-8(4-2-7)13-9(14)11(5-6-11)10(15)16;7-5-1-3-6(8)4-2-5;/h3-11,14-16H,12-13H2,1-2H3,(H,31,33)(H,32,34);3-10H,18H2,1-2H3;2-5H,6-7H2,1H3,(H,14,15);3-6H,1-2H3;2*1-4H,5-6H2,(H,13,14)(H,15,16);1-4,8H,7H2;1H. The number of hydrogen-bond acceptors (Lipinski definition) is 23. The van der Waals surface area contributed by atoms with Crippen molar-refractivity contribution in [1.82, 2.24) is 15.0 Å². The number of carbonyl (C=O) groups is 8. The summed E-state index contributed by atoms with van der Waals surface area (Å²) >= 11 is 6.05. The molecule has 4 aliphatic carbocycles. The number of nitrogen functional groups attached to an aromatic ring is 2. The number of aliphatic carboxylic acids is 2. The van der Waals surface area contributed by atoms with E-state index in [1.165, 1.54) is 104 Å². The molecule has 132 heavy (non-hydrogen) atoms. The molecule has 4 aliphatic rings. The molecule has 4 saturated carbocycles. The maximum atomic E-state index is 13.1. The number of nitrogens with two attached hydrogens (primary N) is 2. The van der Waals surface area contributed by atoms with Gasteiger partial charge in [0.05, 0.1) is 71.3 Å². The number of aromatic nitrogens is 3. The number of nitrogens with zero attached hydrogens (tertiary/aromatic N) is 3. The molecule has 0 bridgehead atoms. The number of phenols is 1. The molecule has 686 valence electrons. The molecule has 10 aromatic carbocycles. The van der Waals surface area contributed by atoms with Crippen molar-refractivity contribution in [3.05, 3.63) is 271 Å². The van der Waals surface area contributed by atoms with Gasteiger partial charge < -0.3 is 96.0 Å². The molecule has 13 aromatic rings. The van der Waals surface area contributed by atoms with Gasteiger partial charge in [0, 0.05) is 92.8 Å². The second kappa shape index (κ2) is 44.3. The first-order chi connectivity index (χ1) is 62.8. The number of anilines is 7. The SMILES string of the molecule is COC(=O)C1(C(=O)Nc2ccc(F)cc2)CC1.COc1cc2nccc(Cl)c2cc1OC.COc1cc2nccc(Oc3ccc(N)cc3)c2cc1OC.COc1cc2nccc(Oc3ccc(NC(=O)C4(C(=O)Nc5ccc(F)cc5)CC4)cc3)c2cc1OC.Cl.Nc1ccc(O)cc1.O=C(O)C1(C(=O)Nc2ccc(F)cc2)CC1.O=C(O)C1(C(=O)Nc2ccc(F)cc2)CC1. The first kappa shape index (κ1) is 98.5. The van der Waals surface area contributed by atoms with Crippen molar-refractivity contribution in [2.75, 3.05) is 87.8 Å². The van der Waals surface area contributed by atoms with E-state index in [1.54, 1.807) is 152 Å². The highest BCUT2D eigenvalue weighted by atomic mass is 35.5. The van der Waals surface area contributed by atoms with Crippen LogP contribution in [0.4, 0.5) is 57.4 Å². The third kappa shape index (κ3) is 25.0. The molecule has 0 radical (unpaired) electrons. The average Bonchev–Trinajstić information content (AvgIpc) is 1.59. The highest BCUT2D eigenvalue weighted by molar-refractivity contribution is 6.35. The number of ether oxygens (including phenoxy) is 9. The molecule has 0 saturated heterocycles. The number of carbonyl (C=O) groups excluding carboxylic acids is 6. The molecule has 12 N–H and O–H groups in total. The Kier molecular flexibility index (Phi) is 33.1. The molecule has 0 spiro atoms. The van der Waals surface area contributed by atoms with Crippen LogP contribution in [0.5, 0.6) is 63.2 Å². The lowest BCUT2D eigenvalue weighted by Crippen LogP contribution is -2.35. The van der Waals surface area contributed by atoms with Gasteiger partial charge in [-0.15, -0.1) is 12.4 Å². The average molecular weight is 1850 g/mol. The number of methoxy groups -OCH3 is 7. The quantitative estimate of drug-likeness (QED) is 0.00934. The van der Waals surface area contributed by atoms with E-state index in [1.807, 2.05) is 36.4 Å². The van der Waals surface area contributed by atoms with E-state index in [9.17, 15) is 55.9 Å². The van der Waals surface area contributed by atoms with Gasteiger partial charge in [-0.3, -0.25) is 53.3 Å². The molecule has 0 unspecified atom stereocenters. The van der Waals surface area contributed by atoms with E-state index in [-0.39, 0.29) is 29.9 Å². The molecule has 0 atom stereocenters. The number of amides is 5. The fourth-order valence-corrected chi connectivity index (χ4v) is 12.8. The first-order valence-corrected chi connectivity index (χ1v) is 40.4. The smallest absolute Gasteiger partial charge is 0.321 e. The summed E-state index contributed by atoms with van der Waals surface area (Å²) in [7, 11) is 10.8. The zero-order valence-corrected chi connectivity index (χ0v) is 73.4. The van der Waals surface area contributed by atoms with Crippen molar-refractivity contribution in [3.8, 4) is 63.2 Å². The summed E-state index contributed by atoms with van der Waals surface area (Å²) in [6.45, 7) is 0. The minimum absolute atomic E-state index is 0. The molecule has 17 rings (SSSR count). The zero-order valence-electron chi connectivity index (χ0n) is 71.8. The zero-order chi connectivity index (χ0) is 94.3. The lowest BCUT2D eigenvalue weighted by molar-refractivity contribution is -0.151. The van der Waals surface area contributed by atoms with E-state index < -0.39 is 80.6 Å². The lowest BCUT2D eigenvalue weighted by Gasteiger charge is -2.16. The Balaban J connectivity index is 0.000000167. The number of pyridine rings is 3. The minimum Gasteiger partial charge on any atom is -0.508 e. The lowest BCUT2D eigenvalue weighted by atomic mass is 10.0. The van der Waals surface area contributed by atoms with Crippen LogP contribution in [0, 0.1) is 44.9 Å². The van der Waals surface area contributed by atoms with Crippen LogP contribution in [-0.4, -0.2) is 127 Å². The van der Waals surface area contributed by atoms with Crippen LogP contribution in [0.2, 0.25) is 5.02 Å². The molecule has 3 aromatic heterocycles. The van der Waals surface area contributed by atoms with Crippen molar-refractivity contribution in [2.24, 2.45) is 21.7 Å². The summed E-state index contributed by atoms with van der Waals surface area (Å²) in [5.74, 6) is -0.104. The van der Waals surface area contributed by atoms with Gasteiger partial charge in [-0.05, 0) is 258 Å². The molecular weight excluding hydrogens is 1760 g/mol. The number of aromatic hydroxyl groups is 1. The number of hydrogen-bond donors (Lipinski definition) is 10. The van der Waals surface area contributed by atoms with Gasteiger partial charge in [-0.2, -0.15) is 0 Å². The van der Waals surface area contributed by atoms with E-state index in [0.29, 0.717) is 159 Å². The molecule has 5 amide bonds. The predicted octanol–water partition coefficient (Wildman–Crippen LogP) is 18.4. The third-order valence-electron chi connectivity index (χ3n) is 20.9. The molecule has 36 heteroatoms. The predicted molar refractivity (Wildman–Crippen MR) is 489 cm³/mol. The van der Waals surface area contributed by atoms with E-state index in [2.05, 4.69) is 46.3 Å². The number of rotatable bonds is 23. The van der Waals surface area contributed by atoms with Gasteiger partial charge >= 0.3 is 17.9 Å². The van der Waals surface area contributed by atoms with Gasteiger partial charge in [0.15, 0.2) is 34.5 Å². The van der Waals surface area contributed by atoms with Gasteiger partial charge in [-0.25, -0.2) is 17.6 Å². The number of phenolic OH excluding ortho intramolecular Hbond substituents is 1. The van der Waals surface area contributed by atoms with Crippen LogP contribution >= 0.6 is 24.0 Å². The summed E-state index contributed by atoms with van der Waals surface area (Å²) in [5, 5.41) is 42.6. The topological polar surface area (TPSA) is 431 Å². The Morgan fingerprint density at radius 1 is 0.333 bits per heavy atom. The number of halogens is 6. The van der Waals surface area contributed by atoms with Crippen molar-refractivity contribution >= 4 is 144 Å². The normalized spacial score (nSPS) is 13.3. The Labute approximate surface area is 764 Å². The highest BCUT2D eigenvalue weighted by Crippen LogP contribution is 2.51. The van der Waals surface area contributed by atoms with Crippen molar-refractivity contribution in [2.45, 2.75) is 51.4 Å². The number of esters is 1.